The number of nitrogens with zero attached hydrogens (tertiary/aromatic N) is 2. The van der Waals surface area contributed by atoms with Gasteiger partial charge < -0.3 is 25.6 Å². The number of hydrogen-bond acceptors (Lipinski definition) is 4. The number of anilines is 1. The minimum atomic E-state index is 0. The van der Waals surface area contributed by atoms with Crippen molar-refractivity contribution in [1.82, 2.24) is 15.5 Å². The van der Waals surface area contributed by atoms with Crippen LogP contribution in [0.5, 0.6) is 5.75 Å². The maximum absolute atomic E-state index is 12.0. The molecule has 0 saturated carbocycles. The Morgan fingerprint density at radius 2 is 1.90 bits per heavy atom. The van der Waals surface area contributed by atoms with E-state index < -0.39 is 0 Å². The van der Waals surface area contributed by atoms with Gasteiger partial charge in [-0.3, -0.25) is 9.79 Å². The Hall–Kier alpha value is -2.33. The Bertz CT molecular complexity index is 886. The average Bonchev–Trinajstić information content (AvgIpc) is 2.75. The van der Waals surface area contributed by atoms with E-state index in [1.807, 2.05) is 30.3 Å². The molecule has 0 aromatic heterocycles. The Kier molecular flexibility index (Phi) is 9.57. The minimum absolute atomic E-state index is 0. The molecular weight excluding hydrogens is 505 g/mol. The SMILES string of the molecule is CN=C(NCC1CC(=O)Nc2ccccc21)NCC(c1ccc(OC)cc1)N(C)C.I. The number of benzene rings is 2. The predicted octanol–water partition coefficient (Wildman–Crippen LogP) is 3.21. The van der Waals surface area contributed by atoms with Crippen LogP contribution in [0.15, 0.2) is 53.5 Å². The average molecular weight is 537 g/mol. The summed E-state index contributed by atoms with van der Waals surface area (Å²) in [7, 11) is 7.55. The van der Waals surface area contributed by atoms with Gasteiger partial charge in [0.05, 0.1) is 13.2 Å². The number of likely N-dealkylation sites (N-methyl/N-ethyl adjacent to an activating group) is 1. The lowest BCUT2D eigenvalue weighted by atomic mass is 9.90. The molecule has 1 aliphatic heterocycles. The Morgan fingerprint density at radius 3 is 2.55 bits per heavy atom. The highest BCUT2D eigenvalue weighted by Crippen LogP contribution is 2.31. The second-order valence-corrected chi connectivity index (χ2v) is 7.62. The number of aliphatic imine (C=N–C) groups is 1. The summed E-state index contributed by atoms with van der Waals surface area (Å²) in [4.78, 5) is 18.6. The molecule has 8 heteroatoms. The maximum Gasteiger partial charge on any atom is 0.225 e. The monoisotopic (exact) mass is 537 g/mol. The van der Waals surface area contributed by atoms with Gasteiger partial charge in [-0.1, -0.05) is 30.3 Å². The van der Waals surface area contributed by atoms with Gasteiger partial charge in [0.2, 0.25) is 5.91 Å². The first-order valence-electron chi connectivity index (χ1n) is 10.2. The number of fused-ring (bicyclic) bond motifs is 1. The molecule has 0 spiro atoms. The lowest BCUT2D eigenvalue weighted by Gasteiger charge is -2.28. The van der Waals surface area contributed by atoms with Crippen molar-refractivity contribution in [1.29, 1.82) is 0 Å². The van der Waals surface area contributed by atoms with E-state index in [0.29, 0.717) is 19.5 Å². The van der Waals surface area contributed by atoms with Crippen molar-refractivity contribution in [2.24, 2.45) is 4.99 Å². The van der Waals surface area contributed by atoms with Gasteiger partial charge in [-0.15, -0.1) is 24.0 Å². The van der Waals surface area contributed by atoms with Gasteiger partial charge in [0.25, 0.3) is 0 Å². The molecular formula is C23H32IN5O2. The number of nitrogens with one attached hydrogen (secondary N) is 3. The number of halogens is 1. The third kappa shape index (κ3) is 6.57. The summed E-state index contributed by atoms with van der Waals surface area (Å²) >= 11 is 0. The highest BCUT2D eigenvalue weighted by Gasteiger charge is 2.25. The standard InChI is InChI=1S/C23H31N5O2.HI/c1-24-23(25-14-17-13-22(29)27-20-8-6-5-7-19(17)20)26-15-21(28(2)3)16-9-11-18(30-4)12-10-16;/h5-12,17,21H,13-15H2,1-4H3,(H,27,29)(H2,24,25,26);1H. The molecule has 0 saturated heterocycles. The molecule has 1 aliphatic rings. The second-order valence-electron chi connectivity index (χ2n) is 7.62. The molecule has 0 radical (unpaired) electrons. The van der Waals surface area contributed by atoms with Crippen LogP contribution in [-0.4, -0.2) is 58.1 Å². The third-order valence-corrected chi connectivity index (χ3v) is 5.43. The smallest absolute Gasteiger partial charge is 0.225 e. The van der Waals surface area contributed by atoms with Gasteiger partial charge >= 0.3 is 0 Å². The maximum atomic E-state index is 12.0. The fourth-order valence-electron chi connectivity index (χ4n) is 3.74. The number of amides is 1. The molecule has 2 aromatic carbocycles. The zero-order valence-corrected chi connectivity index (χ0v) is 20.8. The zero-order valence-electron chi connectivity index (χ0n) is 18.5. The van der Waals surface area contributed by atoms with Crippen molar-refractivity contribution in [2.45, 2.75) is 18.4 Å². The second kappa shape index (κ2) is 11.9. The summed E-state index contributed by atoms with van der Waals surface area (Å²) in [6, 6.07) is 16.3. The summed E-state index contributed by atoms with van der Waals surface area (Å²) in [5.41, 5.74) is 3.25. The van der Waals surface area contributed by atoms with Crippen molar-refractivity contribution < 1.29 is 9.53 Å². The first kappa shape index (κ1) is 24.9. The summed E-state index contributed by atoms with van der Waals surface area (Å²) in [6.45, 7) is 1.33. The van der Waals surface area contributed by atoms with E-state index in [1.54, 1.807) is 14.2 Å². The van der Waals surface area contributed by atoms with Crippen LogP contribution < -0.4 is 20.7 Å². The van der Waals surface area contributed by atoms with Gasteiger partial charge in [0.1, 0.15) is 5.75 Å². The number of hydrogen-bond donors (Lipinski definition) is 3. The summed E-state index contributed by atoms with van der Waals surface area (Å²) in [5.74, 6) is 1.73. The van der Waals surface area contributed by atoms with E-state index in [-0.39, 0.29) is 41.8 Å². The fraction of sp³-hybridized carbons (Fsp3) is 0.391. The number of rotatable bonds is 7. The van der Waals surface area contributed by atoms with Crippen molar-refractivity contribution in [3.8, 4) is 5.75 Å². The van der Waals surface area contributed by atoms with Crippen LogP contribution in [0.2, 0.25) is 0 Å². The van der Waals surface area contributed by atoms with Crippen molar-refractivity contribution in [2.75, 3.05) is 46.7 Å². The van der Waals surface area contributed by atoms with Crippen LogP contribution >= 0.6 is 24.0 Å². The number of carbonyl (C=O) groups is 1. The number of ether oxygens (including phenoxy) is 1. The molecule has 168 valence electrons. The van der Waals surface area contributed by atoms with E-state index in [1.165, 1.54) is 5.56 Å². The predicted molar refractivity (Wildman–Crippen MR) is 137 cm³/mol. The molecule has 2 atom stereocenters. The summed E-state index contributed by atoms with van der Waals surface area (Å²) in [6.07, 6.45) is 0.465. The van der Waals surface area contributed by atoms with E-state index in [4.69, 9.17) is 4.74 Å². The van der Waals surface area contributed by atoms with E-state index in [0.717, 1.165) is 23.0 Å². The normalized spacial score (nSPS) is 16.6. The van der Waals surface area contributed by atoms with Crippen LogP contribution in [0.3, 0.4) is 0 Å². The lowest BCUT2D eigenvalue weighted by molar-refractivity contribution is -0.116. The van der Waals surface area contributed by atoms with Crippen LogP contribution in [0.25, 0.3) is 0 Å². The highest BCUT2D eigenvalue weighted by atomic mass is 127. The molecule has 2 unspecified atom stereocenters. The largest absolute Gasteiger partial charge is 0.497 e. The molecule has 1 amide bonds. The minimum Gasteiger partial charge on any atom is -0.497 e. The van der Waals surface area contributed by atoms with Crippen molar-refractivity contribution in [3.05, 3.63) is 59.7 Å². The van der Waals surface area contributed by atoms with Crippen LogP contribution in [0, 0.1) is 0 Å². The summed E-state index contributed by atoms with van der Waals surface area (Å²) in [5, 5.41) is 9.75. The van der Waals surface area contributed by atoms with Gasteiger partial charge in [-0.25, -0.2) is 0 Å². The van der Waals surface area contributed by atoms with Gasteiger partial charge in [-0.2, -0.15) is 0 Å². The molecule has 0 bridgehead atoms. The van der Waals surface area contributed by atoms with E-state index >= 15 is 0 Å². The van der Waals surface area contributed by atoms with Gasteiger partial charge in [0.15, 0.2) is 5.96 Å². The molecule has 31 heavy (non-hydrogen) atoms. The van der Waals surface area contributed by atoms with Crippen LogP contribution in [-0.2, 0) is 4.79 Å². The summed E-state index contributed by atoms with van der Waals surface area (Å²) < 4.78 is 5.26. The molecule has 3 rings (SSSR count). The Morgan fingerprint density at radius 1 is 1.19 bits per heavy atom. The molecule has 3 N–H and O–H groups in total. The molecule has 7 nitrogen and oxygen atoms in total. The van der Waals surface area contributed by atoms with Crippen LogP contribution in [0.4, 0.5) is 5.69 Å². The highest BCUT2D eigenvalue weighted by molar-refractivity contribution is 14.0. The molecule has 0 aliphatic carbocycles. The quantitative estimate of drug-likeness (QED) is 0.287. The fourth-order valence-corrected chi connectivity index (χ4v) is 3.74. The Balaban J connectivity index is 0.00000341. The number of para-hydroxylation sites is 1. The topological polar surface area (TPSA) is 78.0 Å². The van der Waals surface area contributed by atoms with E-state index in [2.05, 4.69) is 58.1 Å². The van der Waals surface area contributed by atoms with E-state index in [9.17, 15) is 4.79 Å². The molecule has 1 heterocycles. The third-order valence-electron chi connectivity index (χ3n) is 5.43. The number of methoxy groups -OCH3 is 1. The lowest BCUT2D eigenvalue weighted by Crippen LogP contribution is -2.43. The van der Waals surface area contributed by atoms with Gasteiger partial charge in [0, 0.05) is 38.2 Å². The van der Waals surface area contributed by atoms with Gasteiger partial charge in [-0.05, 0) is 43.4 Å². The molecule has 2 aromatic rings. The number of guanidine groups is 1. The Labute approximate surface area is 201 Å². The number of carbonyl (C=O) groups excluding carboxylic acids is 1. The zero-order chi connectivity index (χ0) is 21.5. The molecule has 0 fully saturated rings. The van der Waals surface area contributed by atoms with Crippen molar-refractivity contribution >= 4 is 41.5 Å². The van der Waals surface area contributed by atoms with Crippen LogP contribution in [0.1, 0.15) is 29.5 Å². The first-order chi connectivity index (χ1) is 14.5. The first-order valence-corrected chi connectivity index (χ1v) is 10.2. The van der Waals surface area contributed by atoms with Crippen molar-refractivity contribution in [3.63, 3.8) is 0 Å².